The fourth-order valence-corrected chi connectivity index (χ4v) is 3.58. The van der Waals surface area contributed by atoms with Crippen molar-refractivity contribution in [3.05, 3.63) is 50.2 Å². The van der Waals surface area contributed by atoms with Gasteiger partial charge in [-0.1, -0.05) is 23.2 Å². The zero-order chi connectivity index (χ0) is 18.0. The number of halogens is 2. The molecule has 0 spiro atoms. The number of thiazole rings is 1. The predicted octanol–water partition coefficient (Wildman–Crippen LogP) is 5.16. The molecular weight excluding hydrogens is 379 g/mol. The number of aryl methyl sites for hydroxylation is 1. The summed E-state index contributed by atoms with van der Waals surface area (Å²) in [6.07, 6.45) is -0.00391. The van der Waals surface area contributed by atoms with Crippen molar-refractivity contribution in [2.45, 2.75) is 33.4 Å². The zero-order valence-electron chi connectivity index (χ0n) is 14.2. The molecule has 0 bridgehead atoms. The molecule has 3 aromatic rings. The van der Waals surface area contributed by atoms with Crippen molar-refractivity contribution in [1.82, 2.24) is 19.7 Å². The van der Waals surface area contributed by atoms with Crippen LogP contribution < -0.4 is 0 Å². The normalized spacial score (nSPS) is 12.5. The molecular formula is C17H18Cl2N4OS. The molecule has 0 saturated heterocycles. The second kappa shape index (κ2) is 7.83. The number of hydrogen-bond acceptors (Lipinski definition) is 5. The van der Waals surface area contributed by atoms with Gasteiger partial charge in [-0.25, -0.2) is 14.6 Å². The van der Waals surface area contributed by atoms with Crippen LogP contribution in [0.4, 0.5) is 0 Å². The average molecular weight is 397 g/mol. The first-order valence-electron chi connectivity index (χ1n) is 7.90. The van der Waals surface area contributed by atoms with Gasteiger partial charge in [0.2, 0.25) is 0 Å². The highest BCUT2D eigenvalue weighted by Crippen LogP contribution is 2.28. The summed E-state index contributed by atoms with van der Waals surface area (Å²) in [5, 5.41) is 8.49. The van der Waals surface area contributed by atoms with Crippen molar-refractivity contribution in [1.29, 1.82) is 0 Å². The van der Waals surface area contributed by atoms with Crippen LogP contribution in [0.5, 0.6) is 0 Å². The lowest BCUT2D eigenvalue weighted by atomic mass is 10.2. The van der Waals surface area contributed by atoms with E-state index >= 15 is 0 Å². The fraction of sp³-hybridized carbons (Fsp3) is 0.353. The van der Waals surface area contributed by atoms with Gasteiger partial charge in [-0.05, 0) is 39.0 Å². The molecule has 2 heterocycles. The summed E-state index contributed by atoms with van der Waals surface area (Å²) in [5.74, 6) is 1.43. The lowest BCUT2D eigenvalue weighted by Crippen LogP contribution is -2.06. The summed E-state index contributed by atoms with van der Waals surface area (Å²) in [4.78, 5) is 9.18. The molecule has 2 aromatic heterocycles. The van der Waals surface area contributed by atoms with Crippen LogP contribution in [0.2, 0.25) is 10.0 Å². The molecule has 1 aromatic carbocycles. The van der Waals surface area contributed by atoms with E-state index in [0.29, 0.717) is 29.0 Å². The zero-order valence-corrected chi connectivity index (χ0v) is 16.5. The van der Waals surface area contributed by atoms with E-state index in [1.54, 1.807) is 23.5 Å². The quantitative estimate of drug-likeness (QED) is 0.576. The molecule has 3 rings (SSSR count). The number of rotatable bonds is 6. The summed E-state index contributed by atoms with van der Waals surface area (Å²) in [6, 6.07) is 5.45. The van der Waals surface area contributed by atoms with E-state index in [0.717, 1.165) is 22.1 Å². The maximum absolute atomic E-state index is 6.14. The summed E-state index contributed by atoms with van der Waals surface area (Å²) in [5.41, 5.74) is 1.80. The average Bonchev–Trinajstić information content (AvgIpc) is 3.17. The Labute approximate surface area is 160 Å². The highest BCUT2D eigenvalue weighted by atomic mass is 35.5. The third-order valence-electron chi connectivity index (χ3n) is 3.60. The second-order valence-electron chi connectivity index (χ2n) is 5.54. The minimum atomic E-state index is -0.00391. The van der Waals surface area contributed by atoms with Crippen molar-refractivity contribution in [2.75, 3.05) is 6.61 Å². The smallest absolute Gasteiger partial charge is 0.158 e. The lowest BCUT2D eigenvalue weighted by molar-refractivity contribution is 0.0761. The van der Waals surface area contributed by atoms with Crippen molar-refractivity contribution in [2.24, 2.45) is 0 Å². The summed E-state index contributed by atoms with van der Waals surface area (Å²) >= 11 is 13.7. The Hall–Kier alpha value is -1.47. The lowest BCUT2D eigenvalue weighted by Gasteiger charge is -2.07. The van der Waals surface area contributed by atoms with Crippen LogP contribution in [0.15, 0.2) is 23.6 Å². The third kappa shape index (κ3) is 4.20. The van der Waals surface area contributed by atoms with Crippen molar-refractivity contribution in [3.63, 3.8) is 0 Å². The van der Waals surface area contributed by atoms with Gasteiger partial charge in [0.25, 0.3) is 0 Å². The molecule has 0 radical (unpaired) electrons. The predicted molar refractivity (Wildman–Crippen MR) is 101 cm³/mol. The van der Waals surface area contributed by atoms with Gasteiger partial charge in [-0.2, -0.15) is 5.10 Å². The van der Waals surface area contributed by atoms with Gasteiger partial charge in [0.15, 0.2) is 5.82 Å². The standard InChI is InChI=1S/C17H18Cl2N4OS/c1-4-24-10(2)17-21-13(9-25-17)8-23-16(20-11(3)22-23)12-5-6-14(18)15(19)7-12/h5-7,9-10H,4,8H2,1-3H3. The molecule has 0 amide bonds. The topological polar surface area (TPSA) is 52.8 Å². The van der Waals surface area contributed by atoms with Crippen molar-refractivity contribution >= 4 is 34.5 Å². The van der Waals surface area contributed by atoms with E-state index in [1.807, 2.05) is 36.9 Å². The molecule has 1 atom stereocenters. The van der Waals surface area contributed by atoms with E-state index in [1.165, 1.54) is 0 Å². The first-order valence-corrected chi connectivity index (χ1v) is 9.54. The van der Waals surface area contributed by atoms with Gasteiger partial charge >= 0.3 is 0 Å². The van der Waals surface area contributed by atoms with Crippen LogP contribution in [-0.2, 0) is 11.3 Å². The molecule has 0 aliphatic heterocycles. The molecule has 0 aliphatic rings. The van der Waals surface area contributed by atoms with Crippen LogP contribution in [0.25, 0.3) is 11.4 Å². The highest BCUT2D eigenvalue weighted by molar-refractivity contribution is 7.09. The van der Waals surface area contributed by atoms with Gasteiger partial charge in [0.1, 0.15) is 16.9 Å². The van der Waals surface area contributed by atoms with Crippen LogP contribution in [0.1, 0.15) is 36.5 Å². The Bertz CT molecular complexity index is 877. The largest absolute Gasteiger partial charge is 0.372 e. The Morgan fingerprint density at radius 3 is 2.76 bits per heavy atom. The van der Waals surface area contributed by atoms with Gasteiger partial charge in [0.05, 0.1) is 22.3 Å². The number of nitrogens with zero attached hydrogens (tertiary/aromatic N) is 4. The maximum Gasteiger partial charge on any atom is 0.158 e. The molecule has 5 nitrogen and oxygen atoms in total. The number of ether oxygens (including phenoxy) is 1. The molecule has 0 aliphatic carbocycles. The summed E-state index contributed by atoms with van der Waals surface area (Å²) in [7, 11) is 0. The van der Waals surface area contributed by atoms with Crippen molar-refractivity contribution < 1.29 is 4.74 Å². The number of hydrogen-bond donors (Lipinski definition) is 0. The molecule has 8 heteroatoms. The minimum absolute atomic E-state index is 0.00391. The molecule has 0 fully saturated rings. The number of aromatic nitrogens is 4. The third-order valence-corrected chi connectivity index (χ3v) is 5.39. The second-order valence-corrected chi connectivity index (χ2v) is 7.25. The van der Waals surface area contributed by atoms with Crippen LogP contribution in [0.3, 0.4) is 0 Å². The Morgan fingerprint density at radius 2 is 2.04 bits per heavy atom. The Kier molecular flexibility index (Phi) is 5.74. The maximum atomic E-state index is 6.14. The van der Waals surface area contributed by atoms with E-state index in [9.17, 15) is 0 Å². The first kappa shape index (κ1) is 18.3. The van der Waals surface area contributed by atoms with E-state index < -0.39 is 0 Å². The monoisotopic (exact) mass is 396 g/mol. The molecule has 132 valence electrons. The molecule has 0 saturated carbocycles. The molecule has 0 N–H and O–H groups in total. The Morgan fingerprint density at radius 1 is 1.24 bits per heavy atom. The summed E-state index contributed by atoms with van der Waals surface area (Å²) < 4.78 is 7.43. The highest BCUT2D eigenvalue weighted by Gasteiger charge is 2.15. The SMILES string of the molecule is CCOC(C)c1nc(Cn2nc(C)nc2-c2ccc(Cl)c(Cl)c2)cs1. The van der Waals surface area contributed by atoms with Gasteiger partial charge in [0, 0.05) is 17.6 Å². The van der Waals surface area contributed by atoms with E-state index in [4.69, 9.17) is 27.9 Å². The first-order chi connectivity index (χ1) is 12.0. The van der Waals surface area contributed by atoms with Crippen LogP contribution in [0, 0.1) is 6.92 Å². The van der Waals surface area contributed by atoms with E-state index in [2.05, 4.69) is 15.1 Å². The summed E-state index contributed by atoms with van der Waals surface area (Å²) in [6.45, 7) is 7.05. The number of benzene rings is 1. The Balaban J connectivity index is 1.87. The fourth-order valence-electron chi connectivity index (χ4n) is 2.47. The minimum Gasteiger partial charge on any atom is -0.372 e. The van der Waals surface area contributed by atoms with Crippen LogP contribution >= 0.6 is 34.5 Å². The van der Waals surface area contributed by atoms with Crippen LogP contribution in [-0.4, -0.2) is 26.4 Å². The van der Waals surface area contributed by atoms with Gasteiger partial charge in [-0.15, -0.1) is 11.3 Å². The molecule has 25 heavy (non-hydrogen) atoms. The van der Waals surface area contributed by atoms with Gasteiger partial charge < -0.3 is 4.74 Å². The van der Waals surface area contributed by atoms with Gasteiger partial charge in [-0.3, -0.25) is 0 Å². The van der Waals surface area contributed by atoms with Crippen molar-refractivity contribution in [3.8, 4) is 11.4 Å². The van der Waals surface area contributed by atoms with E-state index in [-0.39, 0.29) is 6.10 Å². The molecule has 1 unspecified atom stereocenters.